The average molecular weight is 521 g/mol. The predicted molar refractivity (Wildman–Crippen MR) is 141 cm³/mol. The Kier molecular flexibility index (Phi) is 7.82. The lowest BCUT2D eigenvalue weighted by Crippen LogP contribution is -2.44. The van der Waals surface area contributed by atoms with Crippen molar-refractivity contribution >= 4 is 12.1 Å². The van der Waals surface area contributed by atoms with Crippen molar-refractivity contribution < 1.29 is 19.4 Å². The number of nitrogens with zero attached hydrogens (tertiary/aromatic N) is 2. The molecule has 0 bridgehead atoms. The van der Waals surface area contributed by atoms with Gasteiger partial charge in [0.15, 0.2) is 0 Å². The van der Waals surface area contributed by atoms with E-state index in [2.05, 4.69) is 15.2 Å². The monoisotopic (exact) mass is 520 g/mol. The Bertz CT molecular complexity index is 1420. The van der Waals surface area contributed by atoms with Crippen molar-refractivity contribution in [1.82, 2.24) is 19.8 Å². The third-order valence-corrected chi connectivity index (χ3v) is 6.22. The van der Waals surface area contributed by atoms with E-state index < -0.39 is 29.4 Å². The summed E-state index contributed by atoms with van der Waals surface area (Å²) >= 11 is 0. The molecule has 1 atom stereocenters. The number of nitrogens with one attached hydrogen (secondary N) is 2. The van der Waals surface area contributed by atoms with Gasteiger partial charge in [-0.05, 0) is 50.5 Å². The van der Waals surface area contributed by atoms with Gasteiger partial charge in [-0.15, -0.1) is 0 Å². The van der Waals surface area contributed by atoms with Crippen LogP contribution in [0.5, 0.6) is 0 Å². The number of carboxylic acid groups (broad SMARTS) is 1. The summed E-state index contributed by atoms with van der Waals surface area (Å²) in [7, 11) is 0. The standard InChI is InChI=1S/C28H32N4O6/c1-28(2,3)38-27(37)30-22(25(34)35)15-18-9-11-20(12-10-18)32-24(33)21-13-14-31(17-23(21)29-26(32)36)16-19-7-5-4-6-8-19/h4-12,22H,13-17H2,1-3H3,(H,29,36)(H,30,37)(H,34,35)/t22-/m0/s1. The zero-order valence-corrected chi connectivity index (χ0v) is 21.7. The highest BCUT2D eigenvalue weighted by Crippen LogP contribution is 2.17. The lowest BCUT2D eigenvalue weighted by molar-refractivity contribution is -0.139. The van der Waals surface area contributed by atoms with E-state index in [9.17, 15) is 24.3 Å². The van der Waals surface area contributed by atoms with Gasteiger partial charge in [-0.1, -0.05) is 42.5 Å². The van der Waals surface area contributed by atoms with Crippen molar-refractivity contribution in [2.45, 2.75) is 58.3 Å². The Labute approximate surface area is 219 Å². The zero-order valence-electron chi connectivity index (χ0n) is 21.7. The summed E-state index contributed by atoms with van der Waals surface area (Å²) in [4.78, 5) is 55.0. The van der Waals surface area contributed by atoms with Gasteiger partial charge in [-0.25, -0.2) is 19.0 Å². The maximum Gasteiger partial charge on any atom is 0.408 e. The van der Waals surface area contributed by atoms with Crippen LogP contribution in [0.25, 0.3) is 5.69 Å². The number of rotatable bonds is 7. The molecular formula is C28H32N4O6. The fraction of sp³-hybridized carbons (Fsp3) is 0.357. The number of fused-ring (bicyclic) bond motifs is 1. The van der Waals surface area contributed by atoms with Crippen molar-refractivity contribution in [3.05, 3.63) is 97.8 Å². The summed E-state index contributed by atoms with van der Waals surface area (Å²) in [6.07, 6.45) is -0.301. The summed E-state index contributed by atoms with van der Waals surface area (Å²) in [5, 5.41) is 11.9. The smallest absolute Gasteiger partial charge is 0.408 e. The third kappa shape index (κ3) is 6.57. The lowest BCUT2D eigenvalue weighted by Gasteiger charge is -2.28. The molecule has 0 radical (unpaired) electrons. The molecule has 1 aromatic heterocycles. The average Bonchev–Trinajstić information content (AvgIpc) is 2.84. The molecule has 38 heavy (non-hydrogen) atoms. The maximum atomic E-state index is 13.3. The van der Waals surface area contributed by atoms with Gasteiger partial charge in [0.25, 0.3) is 5.56 Å². The summed E-state index contributed by atoms with van der Waals surface area (Å²) in [5.74, 6) is -1.21. The number of alkyl carbamates (subject to hydrolysis) is 1. The highest BCUT2D eigenvalue weighted by molar-refractivity contribution is 5.80. The van der Waals surface area contributed by atoms with E-state index in [1.165, 1.54) is 0 Å². The normalized spacial score (nSPS) is 14.4. The van der Waals surface area contributed by atoms with Gasteiger partial charge in [0.05, 0.1) is 5.69 Å². The van der Waals surface area contributed by atoms with Crippen LogP contribution in [0, 0.1) is 0 Å². The van der Waals surface area contributed by atoms with Gasteiger partial charge in [-0.2, -0.15) is 0 Å². The number of amides is 1. The summed E-state index contributed by atoms with van der Waals surface area (Å²) in [6.45, 7) is 6.97. The van der Waals surface area contributed by atoms with E-state index in [-0.39, 0.29) is 12.0 Å². The van der Waals surface area contributed by atoms with Gasteiger partial charge < -0.3 is 20.1 Å². The van der Waals surface area contributed by atoms with Crippen LogP contribution in [0.4, 0.5) is 4.79 Å². The molecule has 1 aliphatic heterocycles. The first-order valence-corrected chi connectivity index (χ1v) is 12.4. The molecule has 0 unspecified atom stereocenters. The van der Waals surface area contributed by atoms with E-state index in [1.54, 1.807) is 45.0 Å². The van der Waals surface area contributed by atoms with Crippen LogP contribution >= 0.6 is 0 Å². The molecule has 1 aliphatic rings. The highest BCUT2D eigenvalue weighted by atomic mass is 16.6. The Balaban J connectivity index is 1.49. The number of ether oxygens (including phenoxy) is 1. The van der Waals surface area contributed by atoms with Gasteiger partial charge in [0.2, 0.25) is 0 Å². The second-order valence-corrected chi connectivity index (χ2v) is 10.4. The number of hydrogen-bond donors (Lipinski definition) is 3. The molecule has 0 saturated carbocycles. The second kappa shape index (κ2) is 11.1. The minimum absolute atomic E-state index is 0.00154. The van der Waals surface area contributed by atoms with Crippen molar-refractivity contribution in [2.75, 3.05) is 6.54 Å². The molecule has 200 valence electrons. The first-order chi connectivity index (χ1) is 18.0. The molecule has 0 saturated heterocycles. The highest BCUT2D eigenvalue weighted by Gasteiger charge is 2.25. The molecule has 0 fully saturated rings. The number of carboxylic acids is 1. The van der Waals surface area contributed by atoms with Gasteiger partial charge in [0, 0.05) is 37.3 Å². The number of aromatic nitrogens is 2. The van der Waals surface area contributed by atoms with Crippen LogP contribution in [0.1, 0.15) is 43.2 Å². The first kappa shape index (κ1) is 26.9. The zero-order chi connectivity index (χ0) is 27.4. The number of aliphatic carboxylic acids is 1. The molecular weight excluding hydrogens is 488 g/mol. The van der Waals surface area contributed by atoms with Crippen molar-refractivity contribution in [3.63, 3.8) is 0 Å². The summed E-state index contributed by atoms with van der Waals surface area (Å²) in [6, 6.07) is 15.3. The largest absolute Gasteiger partial charge is 0.480 e. The Morgan fingerprint density at radius 1 is 1.05 bits per heavy atom. The quantitative estimate of drug-likeness (QED) is 0.436. The Morgan fingerprint density at radius 2 is 1.74 bits per heavy atom. The molecule has 2 aromatic carbocycles. The topological polar surface area (TPSA) is 134 Å². The van der Waals surface area contributed by atoms with Crippen LogP contribution in [0.15, 0.2) is 64.2 Å². The van der Waals surface area contributed by atoms with Gasteiger partial charge in [-0.3, -0.25) is 9.69 Å². The third-order valence-electron chi connectivity index (χ3n) is 6.22. The first-order valence-electron chi connectivity index (χ1n) is 12.4. The number of benzene rings is 2. The van der Waals surface area contributed by atoms with Crippen LogP contribution < -0.4 is 16.6 Å². The van der Waals surface area contributed by atoms with Crippen molar-refractivity contribution in [2.24, 2.45) is 0 Å². The van der Waals surface area contributed by atoms with Crippen LogP contribution in [-0.4, -0.2) is 49.8 Å². The minimum Gasteiger partial charge on any atom is -0.480 e. The maximum absolute atomic E-state index is 13.3. The van der Waals surface area contributed by atoms with Crippen LogP contribution in [0.2, 0.25) is 0 Å². The molecule has 4 rings (SSSR count). The number of carbonyl (C=O) groups excluding carboxylic acids is 1. The number of hydrogen-bond acceptors (Lipinski definition) is 6. The fourth-order valence-electron chi connectivity index (χ4n) is 4.46. The lowest BCUT2D eigenvalue weighted by atomic mass is 10.0. The number of carbonyl (C=O) groups is 2. The number of H-pyrrole nitrogens is 1. The Hall–Kier alpha value is -4.18. The summed E-state index contributed by atoms with van der Waals surface area (Å²) in [5.41, 5.74) is 1.72. The van der Waals surface area contributed by atoms with Crippen molar-refractivity contribution in [3.8, 4) is 5.69 Å². The molecule has 1 amide bonds. The van der Waals surface area contributed by atoms with E-state index in [0.29, 0.717) is 42.0 Å². The predicted octanol–water partition coefficient (Wildman–Crippen LogP) is 2.60. The molecule has 0 aliphatic carbocycles. The molecule has 3 aromatic rings. The SMILES string of the molecule is CC(C)(C)OC(=O)N[C@@H](Cc1ccc(-n2c(=O)[nH]c3c(c2=O)CCN(Cc2ccccc2)C3)cc1)C(=O)O. The molecule has 10 nitrogen and oxygen atoms in total. The van der Waals surface area contributed by atoms with Gasteiger partial charge >= 0.3 is 17.8 Å². The van der Waals surface area contributed by atoms with Crippen molar-refractivity contribution in [1.29, 1.82) is 0 Å². The van der Waals surface area contributed by atoms with E-state index in [1.807, 2.05) is 30.3 Å². The van der Waals surface area contributed by atoms with Gasteiger partial charge in [0.1, 0.15) is 11.6 Å². The van der Waals surface area contributed by atoms with Crippen LogP contribution in [0.3, 0.4) is 0 Å². The number of aromatic amines is 1. The second-order valence-electron chi connectivity index (χ2n) is 10.4. The fourth-order valence-corrected chi connectivity index (χ4v) is 4.46. The van der Waals surface area contributed by atoms with E-state index in [4.69, 9.17) is 4.74 Å². The molecule has 2 heterocycles. The Morgan fingerprint density at radius 3 is 2.37 bits per heavy atom. The van der Waals surface area contributed by atoms with E-state index in [0.717, 1.165) is 16.7 Å². The minimum atomic E-state index is -1.21. The molecule has 10 heteroatoms. The van der Waals surface area contributed by atoms with Crippen LogP contribution in [-0.2, 0) is 35.5 Å². The van der Waals surface area contributed by atoms with E-state index >= 15 is 0 Å². The molecule has 0 spiro atoms. The summed E-state index contributed by atoms with van der Waals surface area (Å²) < 4.78 is 6.25. The molecule has 3 N–H and O–H groups in total.